The van der Waals surface area contributed by atoms with Gasteiger partial charge in [-0.25, -0.2) is 18.1 Å². The van der Waals surface area contributed by atoms with Gasteiger partial charge in [0.25, 0.3) is 0 Å². The molecule has 316 valence electrons. The second-order valence-electron chi connectivity index (χ2n) is 16.8. The first-order valence-corrected chi connectivity index (χ1v) is 21.7. The predicted octanol–water partition coefficient (Wildman–Crippen LogP) is 10.2. The molecule has 4 aromatic heterocycles. The summed E-state index contributed by atoms with van der Waals surface area (Å²) in [5, 5.41) is 28.8. The van der Waals surface area contributed by atoms with Crippen molar-refractivity contribution in [3.8, 4) is 11.4 Å². The molecule has 10 rings (SSSR count). The van der Waals surface area contributed by atoms with Crippen molar-refractivity contribution in [3.05, 3.63) is 158 Å². The molecule has 1 N–H and O–H groups in total. The first-order valence-electron chi connectivity index (χ1n) is 19.8. The summed E-state index contributed by atoms with van der Waals surface area (Å²) in [6, 6.07) is 16.9. The van der Waals surface area contributed by atoms with Gasteiger partial charge in [-0.3, -0.25) is 4.79 Å². The number of rotatable bonds is 6. The van der Waals surface area contributed by atoms with Gasteiger partial charge in [0.1, 0.15) is 11.6 Å². The molecule has 0 radical (unpaired) electrons. The van der Waals surface area contributed by atoms with E-state index in [1.54, 1.807) is 46.9 Å². The van der Waals surface area contributed by atoms with Gasteiger partial charge >= 0.3 is 18.9 Å². The Morgan fingerprint density at radius 3 is 1.75 bits per heavy atom. The molecule has 0 amide bonds. The Morgan fingerprint density at radius 1 is 0.754 bits per heavy atom. The minimum absolute atomic E-state index is 0. The number of nitrogens with zero attached hydrogens (tertiary/aromatic N) is 4. The van der Waals surface area contributed by atoms with Crippen molar-refractivity contribution in [2.45, 2.75) is 92.6 Å². The zero-order valence-electron chi connectivity index (χ0n) is 34.4. The number of carbonyl (C=O) groups is 1. The van der Waals surface area contributed by atoms with E-state index >= 15 is 0 Å². The van der Waals surface area contributed by atoms with Gasteiger partial charge in [-0.05, 0) is 169 Å². The summed E-state index contributed by atoms with van der Waals surface area (Å²) < 4.78 is 30.4. The maximum atomic E-state index is 13.3. The smallest absolute Gasteiger partial charge is 0.385 e. The van der Waals surface area contributed by atoms with Gasteiger partial charge < -0.3 is 12.5 Å². The summed E-state index contributed by atoms with van der Waals surface area (Å²) in [7, 11) is 0. The molecule has 6 nitrogen and oxygen atoms in total. The van der Waals surface area contributed by atoms with Gasteiger partial charge in [0.2, 0.25) is 0 Å². The summed E-state index contributed by atoms with van der Waals surface area (Å²) in [4.78, 5) is 13.2. The van der Waals surface area contributed by atoms with E-state index in [4.69, 9.17) is 0 Å². The number of aromatic nitrogens is 4. The molecule has 2 saturated carbocycles. The van der Waals surface area contributed by atoms with E-state index in [2.05, 4.69) is 41.6 Å². The van der Waals surface area contributed by atoms with Gasteiger partial charge in [0.15, 0.2) is 5.78 Å². The average molecular weight is 855 g/mol. The van der Waals surface area contributed by atoms with Crippen molar-refractivity contribution in [3.63, 3.8) is 0 Å². The molecule has 5 atom stereocenters. The number of hydrogen-bond donors (Lipinski definition) is 1. The topological polar surface area (TPSA) is 72.9 Å². The SMILES string of the molecule is C.C.CC(O)(c1ccsc1)[C@H]1CCCC2=Cc3c(cnn3-c3ccc(F)cc3)C[C@@]21C.C[C@]12Cc3cnn(-c4ccc(F)cc4)c3C=C1CCC[C@@H]2C(=O)c1ccsc1.[CH3-].[Li+]. The standard InChI is InChI=1S/C24H25FN2OS.C23H21FN2OS.2CH4.CH3.Li/c1-23-13-16-14-26-27(20-8-6-19(25)7-9-20)21(16)12-17(23)4-3-5-22(23)24(2,28)18-10-11-29-15-18;1-23-12-16-13-25-26(19-7-5-18(24)6-8-19)21(16)11-17(23)3-2-4-20(23)22(27)15-9-10-28-14-15;;;;/h6-12,14-15,22,28H,3-5,13H2,1-2H3;5-11,13-14,20H,2-4,12H2,1H3;2*1H4;1H3;/q;;;;-1;+1/t22-,23-,24?;20-,23+;;;;/m01..../s1. The van der Waals surface area contributed by atoms with Crippen molar-refractivity contribution in [2.24, 2.45) is 22.7 Å². The first-order chi connectivity index (χ1) is 27.5. The average Bonchev–Trinajstić information content (AvgIpc) is 4.04. The minimum atomic E-state index is -0.862. The molecule has 4 aliphatic carbocycles. The Labute approximate surface area is 380 Å². The number of hydrogen-bond acceptors (Lipinski definition) is 6. The summed E-state index contributed by atoms with van der Waals surface area (Å²) in [5.74, 6) is -0.0793. The van der Waals surface area contributed by atoms with E-state index in [9.17, 15) is 18.7 Å². The number of ketones is 1. The fourth-order valence-corrected chi connectivity index (χ4v) is 11.8. The van der Waals surface area contributed by atoms with Gasteiger partial charge in [0, 0.05) is 28.2 Å². The van der Waals surface area contributed by atoms with Crippen LogP contribution in [0.2, 0.25) is 0 Å². The molecule has 0 saturated heterocycles. The fourth-order valence-electron chi connectivity index (χ4n) is 10.3. The molecule has 4 aliphatic rings. The van der Waals surface area contributed by atoms with Crippen molar-refractivity contribution in [1.82, 2.24) is 19.6 Å². The molecule has 2 fully saturated rings. The van der Waals surface area contributed by atoms with Crippen molar-refractivity contribution < 1.29 is 37.5 Å². The third-order valence-electron chi connectivity index (χ3n) is 13.4. The molecule has 1 unspecified atom stereocenters. The zero-order valence-corrected chi connectivity index (χ0v) is 36.1. The zero-order chi connectivity index (χ0) is 39.5. The van der Waals surface area contributed by atoms with Gasteiger partial charge in [-0.2, -0.15) is 32.9 Å². The van der Waals surface area contributed by atoms with Crippen molar-refractivity contribution in [1.29, 1.82) is 0 Å². The number of fused-ring (bicyclic) bond motifs is 4. The molecular formula is C50H57F2LiN4O2S2. The van der Waals surface area contributed by atoms with Gasteiger partial charge in [0.05, 0.1) is 40.8 Å². The molecule has 0 bridgehead atoms. The Morgan fingerprint density at radius 2 is 1.25 bits per heavy atom. The normalized spacial score (nSPS) is 23.0. The van der Waals surface area contributed by atoms with Crippen LogP contribution in [0.15, 0.2) is 106 Å². The molecule has 61 heavy (non-hydrogen) atoms. The largest absolute Gasteiger partial charge is 1.00 e. The molecule has 0 spiro atoms. The molecule has 4 heterocycles. The number of benzene rings is 2. The summed E-state index contributed by atoms with van der Waals surface area (Å²) in [5.41, 5.74) is 9.65. The van der Waals surface area contributed by atoms with Crippen LogP contribution in [0, 0.1) is 41.7 Å². The number of thiophene rings is 2. The second kappa shape index (κ2) is 18.7. The van der Waals surface area contributed by atoms with Crippen LogP contribution < -0.4 is 18.9 Å². The van der Waals surface area contributed by atoms with E-state index in [1.807, 2.05) is 57.0 Å². The maximum absolute atomic E-state index is 13.3. The number of Topliss-reactive ketones (excluding diaryl/α,β-unsaturated/α-hetero) is 1. The second-order valence-corrected chi connectivity index (χ2v) is 18.4. The predicted molar refractivity (Wildman–Crippen MR) is 244 cm³/mol. The van der Waals surface area contributed by atoms with E-state index in [0.717, 1.165) is 90.8 Å². The van der Waals surface area contributed by atoms with Crippen LogP contribution in [-0.4, -0.2) is 30.5 Å². The van der Waals surface area contributed by atoms with Crippen LogP contribution in [0.4, 0.5) is 8.78 Å². The minimum Gasteiger partial charge on any atom is -0.385 e. The van der Waals surface area contributed by atoms with Crippen LogP contribution in [0.3, 0.4) is 0 Å². The number of allylic oxidation sites excluding steroid dienone is 2. The summed E-state index contributed by atoms with van der Waals surface area (Å²) in [6.07, 6.45) is 16.1. The Kier molecular flexibility index (Phi) is 14.6. The Balaban J connectivity index is 0.000000217. The van der Waals surface area contributed by atoms with Crippen LogP contribution in [0.25, 0.3) is 23.5 Å². The van der Waals surface area contributed by atoms with E-state index < -0.39 is 5.60 Å². The van der Waals surface area contributed by atoms with Crippen molar-refractivity contribution >= 4 is 40.6 Å². The van der Waals surface area contributed by atoms with E-state index in [1.165, 1.54) is 41.0 Å². The molecule has 11 heteroatoms. The number of carbonyl (C=O) groups excluding carboxylic acids is 1. The molecule has 2 aromatic carbocycles. The van der Waals surface area contributed by atoms with Crippen LogP contribution in [0.1, 0.15) is 113 Å². The number of aliphatic hydroxyl groups is 1. The third kappa shape index (κ3) is 8.51. The summed E-state index contributed by atoms with van der Waals surface area (Å²) in [6.45, 7) is 6.53. The van der Waals surface area contributed by atoms with Gasteiger partial charge in [-0.15, -0.1) is 0 Å². The Hall–Kier alpha value is -4.17. The Bertz CT molecular complexity index is 2490. The third-order valence-corrected chi connectivity index (χ3v) is 14.8. The van der Waals surface area contributed by atoms with Crippen LogP contribution in [0.5, 0.6) is 0 Å². The molecule has 0 aliphatic heterocycles. The summed E-state index contributed by atoms with van der Waals surface area (Å²) >= 11 is 3.21. The monoisotopic (exact) mass is 854 g/mol. The quantitative estimate of drug-likeness (QED) is 0.103. The van der Waals surface area contributed by atoms with Crippen LogP contribution in [-0.2, 0) is 18.4 Å². The van der Waals surface area contributed by atoms with Crippen molar-refractivity contribution in [2.75, 3.05) is 0 Å². The maximum Gasteiger partial charge on any atom is 1.00 e. The first kappa shape index (κ1) is 47.9. The van der Waals surface area contributed by atoms with Gasteiger partial charge in [-0.1, -0.05) is 39.8 Å². The molecule has 6 aromatic rings. The fraction of sp³-hybridized carbons (Fsp3) is 0.360. The number of halogens is 2. The van der Waals surface area contributed by atoms with Crippen LogP contribution >= 0.6 is 22.7 Å². The van der Waals surface area contributed by atoms with E-state index in [-0.39, 0.29) is 81.2 Å². The molecular weight excluding hydrogens is 798 g/mol. The van der Waals surface area contributed by atoms with E-state index in [0.29, 0.717) is 0 Å².